The number of anilines is 1. The van der Waals surface area contributed by atoms with Gasteiger partial charge in [0.05, 0.1) is 30.6 Å². The third-order valence-electron chi connectivity index (χ3n) is 4.81. The lowest BCUT2D eigenvalue weighted by molar-refractivity contribution is -0.137. The summed E-state index contributed by atoms with van der Waals surface area (Å²) in [4.78, 5) is 15.3. The number of rotatable bonds is 4. The molecule has 156 valence electrons. The Hall–Kier alpha value is -3.04. The Morgan fingerprint density at radius 3 is 2.57 bits per heavy atom. The van der Waals surface area contributed by atoms with Crippen LogP contribution in [0.1, 0.15) is 5.56 Å². The molecule has 0 spiro atoms. The third kappa shape index (κ3) is 4.42. The van der Waals surface area contributed by atoms with Gasteiger partial charge in [-0.25, -0.2) is 9.97 Å². The number of pyridine rings is 1. The zero-order valence-corrected chi connectivity index (χ0v) is 15.9. The van der Waals surface area contributed by atoms with Crippen LogP contribution in [-0.4, -0.2) is 52.5 Å². The first kappa shape index (κ1) is 20.2. The molecule has 1 fully saturated rings. The fourth-order valence-electron chi connectivity index (χ4n) is 3.24. The highest BCUT2D eigenvalue weighted by Gasteiger charge is 2.30. The van der Waals surface area contributed by atoms with E-state index in [2.05, 4.69) is 15.0 Å². The minimum absolute atomic E-state index is 0.108. The number of aliphatic hydroxyl groups is 1. The van der Waals surface area contributed by atoms with Crippen molar-refractivity contribution in [3.05, 3.63) is 60.4 Å². The quantitative estimate of drug-likeness (QED) is 0.703. The molecule has 0 radical (unpaired) electrons. The second kappa shape index (κ2) is 8.37. The maximum atomic E-state index is 12.9. The lowest BCUT2D eigenvalue weighted by Gasteiger charge is -2.33. The fourth-order valence-corrected chi connectivity index (χ4v) is 3.24. The van der Waals surface area contributed by atoms with E-state index in [0.717, 1.165) is 12.1 Å². The molecule has 1 saturated heterocycles. The van der Waals surface area contributed by atoms with E-state index < -0.39 is 11.7 Å². The van der Waals surface area contributed by atoms with Crippen LogP contribution < -0.4 is 4.90 Å². The molecule has 3 aromatic rings. The van der Waals surface area contributed by atoms with Gasteiger partial charge in [-0.15, -0.1) is 0 Å². The van der Waals surface area contributed by atoms with Crippen molar-refractivity contribution in [1.29, 1.82) is 0 Å². The third-order valence-corrected chi connectivity index (χ3v) is 4.81. The number of ether oxygens (including phenoxy) is 1. The van der Waals surface area contributed by atoms with Crippen LogP contribution in [0.5, 0.6) is 0 Å². The molecule has 0 aliphatic carbocycles. The molecule has 0 saturated carbocycles. The normalized spacial score (nSPS) is 17.2. The van der Waals surface area contributed by atoms with Crippen molar-refractivity contribution < 1.29 is 23.0 Å². The zero-order chi connectivity index (χ0) is 21.1. The largest absolute Gasteiger partial charge is 0.416 e. The summed E-state index contributed by atoms with van der Waals surface area (Å²) in [5.74, 6) is 1.03. The SMILES string of the molecule is OCC1CN(c2cc(-c3ccc(C(F)(F)F)cc3)nc(-c3cccnc3)n2)CCO1. The van der Waals surface area contributed by atoms with Gasteiger partial charge < -0.3 is 14.7 Å². The van der Waals surface area contributed by atoms with Gasteiger partial charge in [0.15, 0.2) is 5.82 Å². The van der Waals surface area contributed by atoms with Crippen LogP contribution in [0.2, 0.25) is 0 Å². The van der Waals surface area contributed by atoms with Gasteiger partial charge in [0.1, 0.15) is 5.82 Å². The predicted molar refractivity (Wildman–Crippen MR) is 105 cm³/mol. The standard InChI is InChI=1S/C21H19F3N4O2/c22-21(23,24)16-5-3-14(4-6-16)18-10-19(28-8-9-30-17(12-28)13-29)27-20(26-18)15-2-1-7-25-11-15/h1-7,10-11,17,29H,8-9,12-13H2. The topological polar surface area (TPSA) is 71.4 Å². The summed E-state index contributed by atoms with van der Waals surface area (Å²) < 4.78 is 44.2. The molecular weight excluding hydrogens is 397 g/mol. The molecule has 1 atom stereocenters. The molecule has 1 aromatic carbocycles. The van der Waals surface area contributed by atoms with Gasteiger partial charge in [0.2, 0.25) is 0 Å². The average Bonchev–Trinajstić information content (AvgIpc) is 2.79. The summed E-state index contributed by atoms with van der Waals surface area (Å²) in [6, 6.07) is 10.2. The number of morpholine rings is 1. The van der Waals surface area contributed by atoms with E-state index in [0.29, 0.717) is 48.2 Å². The summed E-state index contributed by atoms with van der Waals surface area (Å²) in [6.07, 6.45) is -1.46. The van der Waals surface area contributed by atoms with E-state index in [1.54, 1.807) is 24.5 Å². The molecule has 0 amide bonds. The predicted octanol–water partition coefficient (Wildman–Crippen LogP) is 3.42. The minimum atomic E-state index is -4.40. The van der Waals surface area contributed by atoms with Crippen molar-refractivity contribution >= 4 is 5.82 Å². The fraction of sp³-hybridized carbons (Fsp3) is 0.286. The summed E-state index contributed by atoms with van der Waals surface area (Å²) in [7, 11) is 0. The minimum Gasteiger partial charge on any atom is -0.394 e. The van der Waals surface area contributed by atoms with Gasteiger partial charge in [0.25, 0.3) is 0 Å². The number of hydrogen-bond acceptors (Lipinski definition) is 6. The van der Waals surface area contributed by atoms with Crippen LogP contribution in [0.25, 0.3) is 22.6 Å². The summed E-state index contributed by atoms with van der Waals surface area (Å²) in [6.45, 7) is 1.36. The Morgan fingerprint density at radius 2 is 1.90 bits per heavy atom. The van der Waals surface area contributed by atoms with Crippen molar-refractivity contribution in [1.82, 2.24) is 15.0 Å². The van der Waals surface area contributed by atoms with Crippen molar-refractivity contribution in [3.63, 3.8) is 0 Å². The molecule has 1 aliphatic rings. The zero-order valence-electron chi connectivity index (χ0n) is 15.9. The van der Waals surface area contributed by atoms with Crippen LogP contribution in [0.15, 0.2) is 54.9 Å². The van der Waals surface area contributed by atoms with Gasteiger partial charge in [-0.2, -0.15) is 13.2 Å². The first-order valence-corrected chi connectivity index (χ1v) is 9.38. The summed E-state index contributed by atoms with van der Waals surface area (Å²) in [5, 5.41) is 9.43. The Kier molecular flexibility index (Phi) is 5.65. The van der Waals surface area contributed by atoms with E-state index in [1.807, 2.05) is 11.0 Å². The van der Waals surface area contributed by atoms with Crippen molar-refractivity contribution in [2.75, 3.05) is 31.2 Å². The Labute approximate surface area is 171 Å². The van der Waals surface area contributed by atoms with Crippen molar-refractivity contribution in [2.24, 2.45) is 0 Å². The van der Waals surface area contributed by atoms with Gasteiger partial charge >= 0.3 is 6.18 Å². The van der Waals surface area contributed by atoms with E-state index >= 15 is 0 Å². The molecular formula is C21H19F3N4O2. The van der Waals surface area contributed by atoms with Gasteiger partial charge in [-0.1, -0.05) is 12.1 Å². The Morgan fingerprint density at radius 1 is 1.10 bits per heavy atom. The molecule has 1 N–H and O–H groups in total. The van der Waals surface area contributed by atoms with Crippen LogP contribution in [-0.2, 0) is 10.9 Å². The summed E-state index contributed by atoms with van der Waals surface area (Å²) in [5.41, 5.74) is 1.02. The molecule has 0 bridgehead atoms. The van der Waals surface area contributed by atoms with E-state index in [1.165, 1.54) is 12.1 Å². The number of aliphatic hydroxyl groups excluding tert-OH is 1. The van der Waals surface area contributed by atoms with E-state index in [9.17, 15) is 18.3 Å². The van der Waals surface area contributed by atoms with E-state index in [4.69, 9.17) is 4.74 Å². The van der Waals surface area contributed by atoms with Crippen LogP contribution in [0.3, 0.4) is 0 Å². The number of halogens is 3. The lowest BCUT2D eigenvalue weighted by Crippen LogP contribution is -2.44. The highest BCUT2D eigenvalue weighted by atomic mass is 19.4. The number of nitrogens with zero attached hydrogens (tertiary/aromatic N) is 4. The molecule has 9 heteroatoms. The number of hydrogen-bond donors (Lipinski definition) is 1. The Balaban J connectivity index is 1.76. The molecule has 6 nitrogen and oxygen atoms in total. The van der Waals surface area contributed by atoms with Crippen molar-refractivity contribution in [3.8, 4) is 22.6 Å². The van der Waals surface area contributed by atoms with Crippen molar-refractivity contribution in [2.45, 2.75) is 12.3 Å². The maximum Gasteiger partial charge on any atom is 0.416 e. The van der Waals surface area contributed by atoms with Crippen LogP contribution in [0.4, 0.5) is 19.0 Å². The first-order valence-electron chi connectivity index (χ1n) is 9.38. The van der Waals surface area contributed by atoms with Crippen LogP contribution in [0, 0.1) is 0 Å². The molecule has 4 rings (SSSR count). The van der Waals surface area contributed by atoms with Gasteiger partial charge in [0, 0.05) is 42.7 Å². The highest BCUT2D eigenvalue weighted by Crippen LogP contribution is 2.32. The molecule has 2 aromatic heterocycles. The lowest BCUT2D eigenvalue weighted by atomic mass is 10.1. The number of benzene rings is 1. The average molecular weight is 416 g/mol. The van der Waals surface area contributed by atoms with Gasteiger partial charge in [-0.05, 0) is 24.3 Å². The van der Waals surface area contributed by atoms with Crippen LogP contribution >= 0.6 is 0 Å². The van der Waals surface area contributed by atoms with Gasteiger partial charge in [-0.3, -0.25) is 4.98 Å². The Bertz CT molecular complexity index is 997. The second-order valence-corrected chi connectivity index (χ2v) is 6.87. The smallest absolute Gasteiger partial charge is 0.394 e. The number of alkyl halides is 3. The molecule has 1 unspecified atom stereocenters. The molecule has 30 heavy (non-hydrogen) atoms. The number of aromatic nitrogens is 3. The monoisotopic (exact) mass is 416 g/mol. The molecule has 3 heterocycles. The molecule has 1 aliphatic heterocycles. The van der Waals surface area contributed by atoms with E-state index in [-0.39, 0.29) is 12.7 Å². The summed E-state index contributed by atoms with van der Waals surface area (Å²) >= 11 is 0. The second-order valence-electron chi connectivity index (χ2n) is 6.87. The highest BCUT2D eigenvalue weighted by molar-refractivity contribution is 5.68. The first-order chi connectivity index (χ1) is 14.4. The maximum absolute atomic E-state index is 12.9.